The van der Waals surface area contributed by atoms with Gasteiger partial charge in [-0.1, -0.05) is 29.4 Å². The summed E-state index contributed by atoms with van der Waals surface area (Å²) in [5, 5.41) is 3.20. The molecule has 0 aromatic heterocycles. The van der Waals surface area contributed by atoms with Gasteiger partial charge in [-0.2, -0.15) is 0 Å². The second-order valence-electron chi connectivity index (χ2n) is 3.51. The molecule has 0 amide bonds. The molecule has 0 aliphatic carbocycles. The Morgan fingerprint density at radius 3 is 2.88 bits per heavy atom. The summed E-state index contributed by atoms with van der Waals surface area (Å²) in [6.07, 6.45) is 0.982. The van der Waals surface area contributed by atoms with Crippen LogP contribution >= 0.6 is 15.9 Å². The minimum Gasteiger partial charge on any atom is -0.493 e. The summed E-state index contributed by atoms with van der Waals surface area (Å²) in [4.78, 5) is 0. The number of hydrogen-bond donors (Lipinski definition) is 2. The second-order valence-corrected chi connectivity index (χ2v) is 4.63. The Kier molecular flexibility index (Phi) is 5.19. The summed E-state index contributed by atoms with van der Waals surface area (Å²) in [5.74, 6) is 0.796. The molecule has 0 aliphatic rings. The van der Waals surface area contributed by atoms with Crippen LogP contribution in [0.3, 0.4) is 0 Å². The summed E-state index contributed by atoms with van der Waals surface area (Å²) in [6, 6.07) is 5.63. The molecule has 0 atom stereocenters. The number of anilines is 2. The van der Waals surface area contributed by atoms with Gasteiger partial charge >= 0.3 is 0 Å². The van der Waals surface area contributed by atoms with E-state index in [0.717, 1.165) is 22.3 Å². The summed E-state index contributed by atoms with van der Waals surface area (Å²) >= 11 is 3.29. The molecule has 16 heavy (non-hydrogen) atoms. The highest BCUT2D eigenvalue weighted by Crippen LogP contribution is 2.23. The van der Waals surface area contributed by atoms with Crippen molar-refractivity contribution < 1.29 is 4.74 Å². The van der Waals surface area contributed by atoms with Crippen molar-refractivity contribution in [2.24, 2.45) is 0 Å². The van der Waals surface area contributed by atoms with Gasteiger partial charge < -0.3 is 15.8 Å². The molecule has 0 radical (unpaired) electrons. The lowest BCUT2D eigenvalue weighted by Crippen LogP contribution is -2.02. The third-order valence-electron chi connectivity index (χ3n) is 1.89. The molecule has 4 heteroatoms. The van der Waals surface area contributed by atoms with Gasteiger partial charge in [0.15, 0.2) is 0 Å². The first kappa shape index (κ1) is 12.9. The molecule has 1 aromatic rings. The zero-order valence-electron chi connectivity index (χ0n) is 9.42. The van der Waals surface area contributed by atoms with Crippen LogP contribution in [-0.2, 0) is 0 Å². The molecule has 1 rings (SSSR count). The first-order chi connectivity index (χ1) is 7.61. The Balaban J connectivity index is 2.69. The number of ether oxygens (including phenoxy) is 1. The fraction of sp³-hybridized carbons (Fsp3) is 0.333. The predicted octanol–water partition coefficient (Wildman–Crippen LogP) is 3.38. The monoisotopic (exact) mass is 284 g/mol. The van der Waals surface area contributed by atoms with E-state index in [1.54, 1.807) is 0 Å². The van der Waals surface area contributed by atoms with Gasteiger partial charge in [0.25, 0.3) is 0 Å². The van der Waals surface area contributed by atoms with E-state index in [1.807, 2.05) is 18.2 Å². The van der Waals surface area contributed by atoms with Crippen LogP contribution < -0.4 is 15.8 Å². The number of hydrogen-bond acceptors (Lipinski definition) is 3. The van der Waals surface area contributed by atoms with Crippen LogP contribution in [0.5, 0.6) is 5.75 Å². The highest BCUT2D eigenvalue weighted by atomic mass is 79.9. The molecule has 0 saturated heterocycles. The smallest absolute Gasteiger partial charge is 0.123 e. The van der Waals surface area contributed by atoms with E-state index in [2.05, 4.69) is 34.7 Å². The Hall–Kier alpha value is -1.16. The summed E-state index contributed by atoms with van der Waals surface area (Å²) in [5.41, 5.74) is 7.41. The van der Waals surface area contributed by atoms with Gasteiger partial charge in [0, 0.05) is 34.5 Å². The highest BCUT2D eigenvalue weighted by molar-refractivity contribution is 9.11. The SMILES string of the molecule is C=C(Br)CNc1cc(N)cc(OCCC)c1. The normalized spacial score (nSPS) is 9.88. The number of halogens is 1. The van der Waals surface area contributed by atoms with Crippen molar-refractivity contribution in [3.8, 4) is 5.75 Å². The predicted molar refractivity (Wildman–Crippen MR) is 73.2 cm³/mol. The van der Waals surface area contributed by atoms with Crippen molar-refractivity contribution in [2.45, 2.75) is 13.3 Å². The highest BCUT2D eigenvalue weighted by Gasteiger charge is 2.00. The number of nitrogens with one attached hydrogen (secondary N) is 1. The first-order valence-electron chi connectivity index (χ1n) is 5.22. The quantitative estimate of drug-likeness (QED) is 0.788. The third kappa shape index (κ3) is 4.57. The molecule has 0 unspecified atom stereocenters. The van der Waals surface area contributed by atoms with Gasteiger partial charge in [0.05, 0.1) is 6.61 Å². The van der Waals surface area contributed by atoms with Gasteiger partial charge in [0.1, 0.15) is 5.75 Å². The van der Waals surface area contributed by atoms with E-state index < -0.39 is 0 Å². The van der Waals surface area contributed by atoms with E-state index in [1.165, 1.54) is 0 Å². The topological polar surface area (TPSA) is 47.3 Å². The molecular formula is C12H17BrN2O. The maximum atomic E-state index is 5.78. The average molecular weight is 285 g/mol. The number of nitrogen functional groups attached to an aromatic ring is 1. The Morgan fingerprint density at radius 2 is 2.25 bits per heavy atom. The van der Waals surface area contributed by atoms with E-state index >= 15 is 0 Å². The van der Waals surface area contributed by atoms with Crippen molar-refractivity contribution in [2.75, 3.05) is 24.2 Å². The van der Waals surface area contributed by atoms with Crippen LogP contribution in [-0.4, -0.2) is 13.2 Å². The van der Waals surface area contributed by atoms with Crippen LogP contribution in [0.1, 0.15) is 13.3 Å². The van der Waals surface area contributed by atoms with Gasteiger partial charge in [-0.25, -0.2) is 0 Å². The number of nitrogens with two attached hydrogens (primary N) is 1. The van der Waals surface area contributed by atoms with Gasteiger partial charge in [0.2, 0.25) is 0 Å². The van der Waals surface area contributed by atoms with Crippen LogP contribution in [0.25, 0.3) is 0 Å². The Bertz CT molecular complexity index is 366. The van der Waals surface area contributed by atoms with Gasteiger partial charge in [-0.15, -0.1) is 0 Å². The van der Waals surface area contributed by atoms with Crippen molar-refractivity contribution in [1.82, 2.24) is 0 Å². The van der Waals surface area contributed by atoms with Crippen LogP contribution in [0, 0.1) is 0 Å². The largest absolute Gasteiger partial charge is 0.493 e. The summed E-state index contributed by atoms with van der Waals surface area (Å²) in [6.45, 7) is 7.19. The molecule has 3 nitrogen and oxygen atoms in total. The standard InChI is InChI=1S/C12H17BrN2O/c1-3-4-16-12-6-10(14)5-11(7-12)15-8-9(2)13/h5-7,15H,2-4,8,14H2,1H3. The van der Waals surface area contributed by atoms with Crippen LogP contribution in [0.2, 0.25) is 0 Å². The lowest BCUT2D eigenvalue weighted by atomic mass is 10.2. The molecule has 0 bridgehead atoms. The zero-order chi connectivity index (χ0) is 12.0. The lowest BCUT2D eigenvalue weighted by Gasteiger charge is -2.10. The number of benzene rings is 1. The maximum Gasteiger partial charge on any atom is 0.123 e. The molecule has 0 aliphatic heterocycles. The minimum atomic E-state index is 0.663. The molecular weight excluding hydrogens is 268 g/mol. The molecule has 1 aromatic carbocycles. The van der Waals surface area contributed by atoms with Crippen molar-refractivity contribution in [1.29, 1.82) is 0 Å². The Morgan fingerprint density at radius 1 is 1.50 bits per heavy atom. The maximum absolute atomic E-state index is 5.78. The van der Waals surface area contributed by atoms with Crippen LogP contribution in [0.4, 0.5) is 11.4 Å². The van der Waals surface area contributed by atoms with Gasteiger partial charge in [-0.05, 0) is 12.5 Å². The lowest BCUT2D eigenvalue weighted by molar-refractivity contribution is 0.318. The van der Waals surface area contributed by atoms with Crippen molar-refractivity contribution in [3.63, 3.8) is 0 Å². The fourth-order valence-electron chi connectivity index (χ4n) is 1.23. The van der Waals surface area contributed by atoms with Crippen molar-refractivity contribution >= 4 is 27.3 Å². The first-order valence-corrected chi connectivity index (χ1v) is 6.01. The van der Waals surface area contributed by atoms with E-state index in [-0.39, 0.29) is 0 Å². The molecule has 3 N–H and O–H groups in total. The van der Waals surface area contributed by atoms with Crippen molar-refractivity contribution in [3.05, 3.63) is 29.3 Å². The third-order valence-corrected chi connectivity index (χ3v) is 2.17. The molecule has 0 spiro atoms. The van der Waals surface area contributed by atoms with E-state index in [4.69, 9.17) is 10.5 Å². The molecule has 0 fully saturated rings. The summed E-state index contributed by atoms with van der Waals surface area (Å²) in [7, 11) is 0. The minimum absolute atomic E-state index is 0.663. The Labute approximate surface area is 105 Å². The fourth-order valence-corrected chi connectivity index (χ4v) is 1.37. The second kappa shape index (κ2) is 6.43. The summed E-state index contributed by atoms with van der Waals surface area (Å²) < 4.78 is 6.42. The van der Waals surface area contributed by atoms with E-state index in [9.17, 15) is 0 Å². The molecule has 88 valence electrons. The zero-order valence-corrected chi connectivity index (χ0v) is 11.0. The van der Waals surface area contributed by atoms with E-state index in [0.29, 0.717) is 18.8 Å². The van der Waals surface area contributed by atoms with Crippen LogP contribution in [0.15, 0.2) is 29.3 Å². The van der Waals surface area contributed by atoms with Gasteiger partial charge in [-0.3, -0.25) is 0 Å². The molecule has 0 heterocycles. The average Bonchev–Trinajstić information content (AvgIpc) is 2.23. The molecule has 0 saturated carbocycles. The number of rotatable bonds is 6.